The molecule has 0 aliphatic carbocycles. The van der Waals surface area contributed by atoms with Gasteiger partial charge in [-0.05, 0) is 32.0 Å². The maximum atomic E-state index is 11.7. The van der Waals surface area contributed by atoms with Crippen LogP contribution in [0.1, 0.15) is 34.6 Å². The Balaban J connectivity index is 4.42. The van der Waals surface area contributed by atoms with Gasteiger partial charge >= 0.3 is 5.97 Å². The Morgan fingerprint density at radius 2 is 1.61 bits per heavy atom. The van der Waals surface area contributed by atoms with Gasteiger partial charge in [-0.2, -0.15) is 0 Å². The van der Waals surface area contributed by atoms with Crippen molar-refractivity contribution in [2.45, 2.75) is 58.3 Å². The molecule has 6 heteroatoms. The molecule has 0 heterocycles. The fourth-order valence-electron chi connectivity index (χ4n) is 0.901. The summed E-state index contributed by atoms with van der Waals surface area (Å²) >= 11 is 0. The second kappa shape index (κ2) is 5.40. The van der Waals surface area contributed by atoms with Crippen molar-refractivity contribution in [1.82, 2.24) is 5.32 Å². The van der Waals surface area contributed by atoms with E-state index in [9.17, 15) is 9.59 Å². The predicted molar refractivity (Wildman–Crippen MR) is 73.0 cm³/mol. The van der Waals surface area contributed by atoms with Crippen molar-refractivity contribution < 1.29 is 19.1 Å². The normalized spacial score (nSPS) is 13.3. The van der Waals surface area contributed by atoms with E-state index in [1.54, 1.807) is 0 Å². The molecule has 0 aliphatic heterocycles. The number of aliphatic carboxylic acids is 1. The molecule has 2 N–H and O–H groups in total. The molecule has 0 atom stereocenters. The lowest BCUT2D eigenvalue weighted by atomic mass is 10.1. The van der Waals surface area contributed by atoms with Crippen LogP contribution in [-0.4, -0.2) is 37.4 Å². The van der Waals surface area contributed by atoms with E-state index in [-0.39, 0.29) is 11.6 Å². The van der Waals surface area contributed by atoms with E-state index >= 15 is 0 Å². The number of hydrogen-bond acceptors (Lipinski definition) is 3. The number of carboxylic acids is 1. The van der Waals surface area contributed by atoms with Crippen LogP contribution < -0.4 is 5.32 Å². The van der Waals surface area contributed by atoms with Crippen LogP contribution in [0.2, 0.25) is 18.1 Å². The van der Waals surface area contributed by atoms with Gasteiger partial charge in [-0.15, -0.1) is 0 Å². The highest BCUT2D eigenvalue weighted by Gasteiger charge is 2.38. The van der Waals surface area contributed by atoms with Crippen LogP contribution in [0.15, 0.2) is 0 Å². The number of hydrogen-bond donors (Lipinski definition) is 2. The van der Waals surface area contributed by atoms with Crippen LogP contribution in [-0.2, 0) is 14.0 Å². The molecule has 0 rings (SSSR count). The summed E-state index contributed by atoms with van der Waals surface area (Å²) in [4.78, 5) is 22.5. The maximum Gasteiger partial charge on any atom is 0.328 e. The number of carbonyl (C=O) groups excluding carboxylic acids is 1. The topological polar surface area (TPSA) is 75.6 Å². The van der Waals surface area contributed by atoms with Crippen molar-refractivity contribution in [1.29, 1.82) is 0 Å². The van der Waals surface area contributed by atoms with Gasteiger partial charge < -0.3 is 14.8 Å². The molecule has 1 amide bonds. The first-order valence-corrected chi connectivity index (χ1v) is 8.89. The zero-order valence-corrected chi connectivity index (χ0v) is 13.4. The van der Waals surface area contributed by atoms with Gasteiger partial charge in [0.25, 0.3) is 0 Å². The molecular weight excluding hydrogens is 250 g/mol. The Hall–Kier alpha value is -0.883. The van der Waals surface area contributed by atoms with Gasteiger partial charge in [0.1, 0.15) is 12.1 Å². The molecule has 0 saturated heterocycles. The van der Waals surface area contributed by atoms with Crippen LogP contribution in [0.25, 0.3) is 0 Å². The number of rotatable bonds is 5. The standard InChI is InChI=1S/C12H25NO4Si/c1-11(2,3)18(6,7)17-8-9(14)13-12(4,5)10(15)16/h8H2,1-7H3,(H,13,14)(H,15,16). The highest BCUT2D eigenvalue weighted by atomic mass is 28.4. The monoisotopic (exact) mass is 275 g/mol. The molecule has 0 saturated carbocycles. The van der Waals surface area contributed by atoms with Crippen molar-refractivity contribution in [2.75, 3.05) is 6.61 Å². The average molecular weight is 275 g/mol. The van der Waals surface area contributed by atoms with Crippen molar-refractivity contribution in [2.24, 2.45) is 0 Å². The molecule has 0 bridgehead atoms. The minimum atomic E-state index is -1.98. The Kier molecular flexibility index (Phi) is 5.13. The van der Waals surface area contributed by atoms with Gasteiger partial charge in [0.05, 0.1) is 0 Å². The third-order valence-electron chi connectivity index (χ3n) is 3.36. The van der Waals surface area contributed by atoms with Crippen LogP contribution in [0.5, 0.6) is 0 Å². The molecular formula is C12H25NO4Si. The molecule has 0 aliphatic rings. The lowest BCUT2D eigenvalue weighted by Crippen LogP contribution is -2.52. The van der Waals surface area contributed by atoms with Gasteiger partial charge in [-0.3, -0.25) is 4.79 Å². The molecule has 0 spiro atoms. The highest BCUT2D eigenvalue weighted by Crippen LogP contribution is 2.36. The van der Waals surface area contributed by atoms with E-state index in [0.717, 1.165) is 0 Å². The summed E-state index contributed by atoms with van der Waals surface area (Å²) in [5.41, 5.74) is -1.27. The van der Waals surface area contributed by atoms with E-state index in [4.69, 9.17) is 9.53 Å². The van der Waals surface area contributed by atoms with Gasteiger partial charge in [-0.25, -0.2) is 4.79 Å². The quantitative estimate of drug-likeness (QED) is 0.752. The van der Waals surface area contributed by atoms with Crippen molar-refractivity contribution in [3.8, 4) is 0 Å². The zero-order valence-electron chi connectivity index (χ0n) is 12.4. The number of nitrogens with one attached hydrogen (secondary N) is 1. The van der Waals surface area contributed by atoms with Crippen molar-refractivity contribution in [3.05, 3.63) is 0 Å². The fraction of sp³-hybridized carbons (Fsp3) is 0.833. The summed E-state index contributed by atoms with van der Waals surface area (Å²) in [7, 11) is -1.98. The first-order valence-electron chi connectivity index (χ1n) is 5.98. The van der Waals surface area contributed by atoms with Gasteiger partial charge in [0.15, 0.2) is 8.32 Å². The van der Waals surface area contributed by atoms with Crippen LogP contribution in [0, 0.1) is 0 Å². The molecule has 106 valence electrons. The number of amides is 1. The minimum absolute atomic E-state index is 0.0234. The van der Waals surface area contributed by atoms with Gasteiger partial charge in [-0.1, -0.05) is 20.8 Å². The van der Waals surface area contributed by atoms with E-state index in [1.165, 1.54) is 13.8 Å². The highest BCUT2D eigenvalue weighted by molar-refractivity contribution is 6.74. The largest absolute Gasteiger partial charge is 0.480 e. The molecule has 0 unspecified atom stereocenters. The molecule has 18 heavy (non-hydrogen) atoms. The van der Waals surface area contributed by atoms with E-state index in [0.29, 0.717) is 0 Å². The molecule has 0 aromatic rings. The average Bonchev–Trinajstić information content (AvgIpc) is 2.12. The minimum Gasteiger partial charge on any atom is -0.480 e. The summed E-state index contributed by atoms with van der Waals surface area (Å²) < 4.78 is 5.72. The number of carbonyl (C=O) groups is 2. The summed E-state index contributed by atoms with van der Waals surface area (Å²) in [5.74, 6) is -1.46. The van der Waals surface area contributed by atoms with Crippen LogP contribution >= 0.6 is 0 Å². The maximum absolute atomic E-state index is 11.7. The van der Waals surface area contributed by atoms with E-state index in [1.807, 2.05) is 13.1 Å². The third-order valence-corrected chi connectivity index (χ3v) is 7.84. The first-order chi connectivity index (χ1) is 7.79. The second-order valence-corrected chi connectivity index (χ2v) is 11.3. The lowest BCUT2D eigenvalue weighted by Gasteiger charge is -2.36. The van der Waals surface area contributed by atoms with Crippen molar-refractivity contribution >= 4 is 20.2 Å². The van der Waals surface area contributed by atoms with E-state index in [2.05, 4.69) is 26.1 Å². The molecule has 0 radical (unpaired) electrons. The van der Waals surface area contributed by atoms with Gasteiger partial charge in [0, 0.05) is 0 Å². The Labute approximate surface area is 110 Å². The molecule has 0 fully saturated rings. The smallest absolute Gasteiger partial charge is 0.328 e. The molecule has 0 aromatic carbocycles. The predicted octanol–water partition coefficient (Wildman–Crippen LogP) is 1.99. The number of carboxylic acid groups (broad SMARTS) is 1. The second-order valence-electron chi connectivity index (χ2n) is 6.53. The first kappa shape index (κ1) is 17.1. The van der Waals surface area contributed by atoms with Crippen LogP contribution in [0.3, 0.4) is 0 Å². The Bertz CT molecular complexity index is 331. The summed E-state index contributed by atoms with van der Waals surface area (Å²) in [6.07, 6.45) is 0. The summed E-state index contributed by atoms with van der Waals surface area (Å²) in [5, 5.41) is 11.4. The van der Waals surface area contributed by atoms with E-state index < -0.39 is 25.7 Å². The molecule has 5 nitrogen and oxygen atoms in total. The molecule has 0 aromatic heterocycles. The van der Waals surface area contributed by atoms with Gasteiger partial charge in [0.2, 0.25) is 5.91 Å². The SMILES string of the molecule is CC(C)(NC(=O)CO[Si](C)(C)C(C)(C)C)C(=O)O. The summed E-state index contributed by atoms with van der Waals surface area (Å²) in [6.45, 7) is 13.1. The zero-order chi connectivity index (χ0) is 14.8. The summed E-state index contributed by atoms with van der Waals surface area (Å²) in [6, 6.07) is 0. The van der Waals surface area contributed by atoms with Crippen molar-refractivity contribution in [3.63, 3.8) is 0 Å². The lowest BCUT2D eigenvalue weighted by molar-refractivity contribution is -0.146. The fourth-order valence-corrected chi connectivity index (χ4v) is 1.83. The third kappa shape index (κ3) is 4.78. The van der Waals surface area contributed by atoms with Crippen LogP contribution in [0.4, 0.5) is 0 Å². The Morgan fingerprint density at radius 3 is 1.94 bits per heavy atom. The Morgan fingerprint density at radius 1 is 1.17 bits per heavy atom.